The first-order valence-corrected chi connectivity index (χ1v) is 7.59. The maximum absolute atomic E-state index is 12.7. The van der Waals surface area contributed by atoms with Crippen molar-refractivity contribution >= 4 is 17.6 Å². The van der Waals surface area contributed by atoms with Gasteiger partial charge in [0.15, 0.2) is 5.60 Å². The number of nitrogens with one attached hydrogen (secondary N) is 1. The number of anilines is 1. The molecule has 0 unspecified atom stereocenters. The quantitative estimate of drug-likeness (QED) is 0.865. The van der Waals surface area contributed by atoms with E-state index in [-0.39, 0.29) is 5.91 Å². The van der Waals surface area contributed by atoms with Gasteiger partial charge in [-0.25, -0.2) is 4.79 Å². The van der Waals surface area contributed by atoms with Crippen molar-refractivity contribution in [3.05, 3.63) is 64.7 Å². The van der Waals surface area contributed by atoms with Gasteiger partial charge in [-0.15, -0.1) is 0 Å². The number of carbonyl (C=O) groups is 2. The zero-order valence-electron chi connectivity index (χ0n) is 13.5. The minimum Gasteiger partial charge on any atom is -0.445 e. The Morgan fingerprint density at radius 3 is 2.65 bits per heavy atom. The molecule has 1 heterocycles. The number of ether oxygens (including phenoxy) is 1. The number of esters is 1. The summed E-state index contributed by atoms with van der Waals surface area (Å²) in [6, 6.07) is 13.0. The molecule has 0 radical (unpaired) electrons. The van der Waals surface area contributed by atoms with Gasteiger partial charge in [0.1, 0.15) is 0 Å². The van der Waals surface area contributed by atoms with Gasteiger partial charge >= 0.3 is 5.97 Å². The number of aryl methyl sites for hydroxylation is 2. The van der Waals surface area contributed by atoms with Crippen LogP contribution in [0.15, 0.2) is 42.5 Å². The smallest absolute Gasteiger partial charge is 0.339 e. The van der Waals surface area contributed by atoms with Crippen LogP contribution in [-0.4, -0.2) is 17.5 Å². The molecule has 0 saturated heterocycles. The molecule has 0 bridgehead atoms. The average Bonchev–Trinajstić information content (AvgIpc) is 2.50. The predicted octanol–water partition coefficient (Wildman–Crippen LogP) is 3.41. The molecule has 0 spiro atoms. The van der Waals surface area contributed by atoms with Crippen molar-refractivity contribution in [2.45, 2.75) is 32.8 Å². The van der Waals surface area contributed by atoms with E-state index in [1.807, 2.05) is 44.2 Å². The van der Waals surface area contributed by atoms with E-state index in [0.717, 1.165) is 22.4 Å². The summed E-state index contributed by atoms with van der Waals surface area (Å²) in [5.74, 6) is -0.766. The number of cyclic esters (lactones) is 1. The number of amides is 1. The van der Waals surface area contributed by atoms with Crippen LogP contribution in [0.1, 0.15) is 34.0 Å². The Bertz CT molecular complexity index is 797. The van der Waals surface area contributed by atoms with Gasteiger partial charge in [-0.3, -0.25) is 4.79 Å². The van der Waals surface area contributed by atoms with Crippen LogP contribution < -0.4 is 5.32 Å². The Morgan fingerprint density at radius 2 is 1.91 bits per heavy atom. The first-order chi connectivity index (χ1) is 10.9. The zero-order valence-corrected chi connectivity index (χ0v) is 13.5. The highest BCUT2D eigenvalue weighted by molar-refractivity contribution is 6.02. The summed E-state index contributed by atoms with van der Waals surface area (Å²) >= 11 is 0. The van der Waals surface area contributed by atoms with Crippen LogP contribution in [0.3, 0.4) is 0 Å². The molecule has 0 aromatic heterocycles. The Kier molecular flexibility index (Phi) is 3.68. The predicted molar refractivity (Wildman–Crippen MR) is 88.5 cm³/mol. The summed E-state index contributed by atoms with van der Waals surface area (Å²) in [5, 5.41) is 2.88. The first kappa shape index (κ1) is 15.3. The highest BCUT2D eigenvalue weighted by Crippen LogP contribution is 2.29. The fourth-order valence-corrected chi connectivity index (χ4v) is 2.87. The fourth-order valence-electron chi connectivity index (χ4n) is 2.87. The van der Waals surface area contributed by atoms with E-state index in [1.54, 1.807) is 19.1 Å². The van der Waals surface area contributed by atoms with Crippen LogP contribution in [0.2, 0.25) is 0 Å². The lowest BCUT2D eigenvalue weighted by molar-refractivity contribution is -0.134. The third kappa shape index (κ3) is 2.84. The maximum atomic E-state index is 12.7. The second kappa shape index (κ2) is 5.54. The molecular weight excluding hydrogens is 290 g/mol. The Labute approximate surface area is 135 Å². The number of hydrogen-bond donors (Lipinski definition) is 1. The molecule has 1 atom stereocenters. The van der Waals surface area contributed by atoms with Crippen LogP contribution in [0, 0.1) is 13.8 Å². The van der Waals surface area contributed by atoms with E-state index in [9.17, 15) is 9.59 Å². The van der Waals surface area contributed by atoms with Crippen molar-refractivity contribution in [3.8, 4) is 0 Å². The number of hydrogen-bond acceptors (Lipinski definition) is 3. The highest BCUT2D eigenvalue weighted by atomic mass is 16.6. The Balaban J connectivity index is 1.86. The molecule has 118 valence electrons. The van der Waals surface area contributed by atoms with Crippen LogP contribution in [-0.2, 0) is 16.0 Å². The summed E-state index contributed by atoms with van der Waals surface area (Å²) in [5.41, 5.74) is 3.00. The van der Waals surface area contributed by atoms with Crippen molar-refractivity contribution < 1.29 is 14.3 Å². The lowest BCUT2D eigenvalue weighted by Gasteiger charge is -2.33. The van der Waals surface area contributed by atoms with Crippen molar-refractivity contribution in [3.63, 3.8) is 0 Å². The lowest BCUT2D eigenvalue weighted by Crippen LogP contribution is -2.49. The van der Waals surface area contributed by atoms with Gasteiger partial charge in [0.05, 0.1) is 5.56 Å². The van der Waals surface area contributed by atoms with E-state index in [1.165, 1.54) is 0 Å². The second-order valence-electron chi connectivity index (χ2n) is 6.23. The van der Waals surface area contributed by atoms with Crippen LogP contribution in [0.4, 0.5) is 5.69 Å². The first-order valence-electron chi connectivity index (χ1n) is 7.59. The lowest BCUT2D eigenvalue weighted by atomic mass is 9.89. The Morgan fingerprint density at radius 1 is 1.17 bits per heavy atom. The molecule has 23 heavy (non-hydrogen) atoms. The number of carbonyl (C=O) groups excluding carboxylic acids is 2. The van der Waals surface area contributed by atoms with Crippen LogP contribution in [0.25, 0.3) is 0 Å². The summed E-state index contributed by atoms with van der Waals surface area (Å²) in [6.45, 7) is 5.59. The van der Waals surface area contributed by atoms with Crippen LogP contribution in [0.5, 0.6) is 0 Å². The normalized spacial score (nSPS) is 19.7. The molecule has 4 nitrogen and oxygen atoms in total. The van der Waals surface area contributed by atoms with E-state index in [0.29, 0.717) is 12.0 Å². The number of rotatable bonds is 2. The van der Waals surface area contributed by atoms with E-state index < -0.39 is 11.6 Å². The van der Waals surface area contributed by atoms with E-state index >= 15 is 0 Å². The standard InChI is InChI=1S/C19H19NO3/c1-12-8-9-16(13(2)10-12)20-18(22)19(3)11-14-6-4-5-7-15(14)17(21)23-19/h4-10H,11H2,1-3H3,(H,20,22)/t19-/m1/s1. The topological polar surface area (TPSA) is 55.4 Å². The molecule has 0 fully saturated rings. The summed E-state index contributed by atoms with van der Waals surface area (Å²) in [6.07, 6.45) is 0.367. The molecular formula is C19H19NO3. The van der Waals surface area contributed by atoms with E-state index in [2.05, 4.69) is 5.32 Å². The summed E-state index contributed by atoms with van der Waals surface area (Å²) in [4.78, 5) is 24.9. The summed E-state index contributed by atoms with van der Waals surface area (Å²) in [7, 11) is 0. The minimum atomic E-state index is -1.21. The van der Waals surface area contributed by atoms with E-state index in [4.69, 9.17) is 4.74 Å². The van der Waals surface area contributed by atoms with Crippen molar-refractivity contribution in [2.24, 2.45) is 0 Å². The zero-order chi connectivity index (χ0) is 16.6. The monoisotopic (exact) mass is 309 g/mol. The number of fused-ring (bicyclic) bond motifs is 1. The second-order valence-corrected chi connectivity index (χ2v) is 6.23. The minimum absolute atomic E-state index is 0.313. The van der Waals surface area contributed by atoms with Gasteiger partial charge in [0.2, 0.25) is 0 Å². The van der Waals surface area contributed by atoms with Gasteiger partial charge in [0.25, 0.3) is 5.91 Å². The SMILES string of the molecule is Cc1ccc(NC(=O)[C@@]2(C)Cc3ccccc3C(=O)O2)c(C)c1. The van der Waals surface area contributed by atoms with Crippen molar-refractivity contribution in [1.82, 2.24) is 0 Å². The molecule has 0 aliphatic carbocycles. The largest absolute Gasteiger partial charge is 0.445 e. The molecule has 2 aromatic carbocycles. The molecule has 1 N–H and O–H groups in total. The fraction of sp³-hybridized carbons (Fsp3) is 0.263. The van der Waals surface area contributed by atoms with Crippen molar-refractivity contribution in [1.29, 1.82) is 0 Å². The number of benzene rings is 2. The van der Waals surface area contributed by atoms with Gasteiger partial charge in [0, 0.05) is 12.1 Å². The summed E-state index contributed by atoms with van der Waals surface area (Å²) < 4.78 is 5.45. The molecule has 4 heteroatoms. The third-order valence-electron chi connectivity index (χ3n) is 4.19. The molecule has 0 saturated carbocycles. The molecule has 2 aromatic rings. The molecule has 3 rings (SSSR count). The third-order valence-corrected chi connectivity index (χ3v) is 4.19. The molecule has 1 aliphatic rings. The molecule has 1 aliphatic heterocycles. The van der Waals surface area contributed by atoms with Gasteiger partial charge in [-0.2, -0.15) is 0 Å². The van der Waals surface area contributed by atoms with Gasteiger partial charge < -0.3 is 10.1 Å². The van der Waals surface area contributed by atoms with Crippen LogP contribution >= 0.6 is 0 Å². The van der Waals surface area contributed by atoms with Gasteiger partial charge in [-0.05, 0) is 44.0 Å². The maximum Gasteiger partial charge on any atom is 0.339 e. The molecule has 1 amide bonds. The highest BCUT2D eigenvalue weighted by Gasteiger charge is 2.42. The van der Waals surface area contributed by atoms with Gasteiger partial charge in [-0.1, -0.05) is 35.9 Å². The Hall–Kier alpha value is -2.62. The van der Waals surface area contributed by atoms with Crippen molar-refractivity contribution in [2.75, 3.05) is 5.32 Å². The average molecular weight is 309 g/mol.